The van der Waals surface area contributed by atoms with Crippen LogP contribution in [0.15, 0.2) is 91.5 Å². The molecule has 0 radical (unpaired) electrons. The maximum atomic E-state index is 14.4. The van der Waals surface area contributed by atoms with Crippen LogP contribution < -0.4 is 24.4 Å². The lowest BCUT2D eigenvalue weighted by Gasteiger charge is -2.30. The Morgan fingerprint density at radius 2 is 1.83 bits per heavy atom. The average Bonchev–Trinajstić information content (AvgIpc) is 3.35. The van der Waals surface area contributed by atoms with Crippen LogP contribution in [0.25, 0.3) is 6.08 Å². The number of hydrogen-bond donors (Lipinski definition) is 0. The summed E-state index contributed by atoms with van der Waals surface area (Å²) < 4.78 is 13.0. The summed E-state index contributed by atoms with van der Waals surface area (Å²) in [4.78, 5) is 48.0. The molecule has 1 aliphatic rings. The number of nitro benzene ring substituents is 1. The second kappa shape index (κ2) is 13.9. The highest BCUT2D eigenvalue weighted by molar-refractivity contribution is 7.99. The first kappa shape index (κ1) is 33.0. The molecule has 0 saturated heterocycles. The molecule has 0 fully saturated rings. The number of aromatic nitrogens is 1. The van der Waals surface area contributed by atoms with Crippen molar-refractivity contribution >= 4 is 52.4 Å². The molecule has 1 atom stereocenters. The van der Waals surface area contributed by atoms with Gasteiger partial charge in [0.15, 0.2) is 4.80 Å². The van der Waals surface area contributed by atoms with Gasteiger partial charge in [0.05, 0.1) is 34.9 Å². The van der Waals surface area contributed by atoms with Crippen molar-refractivity contribution in [2.75, 3.05) is 27.3 Å². The highest BCUT2D eigenvalue weighted by Crippen LogP contribution is 2.38. The normalized spacial score (nSPS) is 14.5. The van der Waals surface area contributed by atoms with Gasteiger partial charge in [-0.05, 0) is 80.9 Å². The molecule has 0 aliphatic carbocycles. The van der Waals surface area contributed by atoms with E-state index in [2.05, 4.69) is 0 Å². The maximum Gasteiger partial charge on any atom is 0.271 e. The molecule has 13 heteroatoms. The minimum absolute atomic E-state index is 0.110. The van der Waals surface area contributed by atoms with Gasteiger partial charge in [0.2, 0.25) is 0 Å². The summed E-state index contributed by atoms with van der Waals surface area (Å²) in [5.41, 5.74) is 1.38. The fourth-order valence-corrected chi connectivity index (χ4v) is 7.31. The molecule has 1 aliphatic heterocycles. The minimum atomic E-state index is -0.871. The number of halogens is 1. The lowest BCUT2D eigenvalue weighted by molar-refractivity contribution is -0.384. The third kappa shape index (κ3) is 6.46. The molecular formula is C33H31ClN4O6S2. The van der Waals surface area contributed by atoms with Crippen LogP contribution in [-0.4, -0.2) is 47.6 Å². The van der Waals surface area contributed by atoms with Crippen molar-refractivity contribution in [3.63, 3.8) is 0 Å². The number of hydrogen-bond acceptors (Lipinski definition) is 9. The number of methoxy groups -OCH3 is 2. The largest absolute Gasteiger partial charge is 0.497 e. The smallest absolute Gasteiger partial charge is 0.271 e. The van der Waals surface area contributed by atoms with Gasteiger partial charge >= 0.3 is 0 Å². The van der Waals surface area contributed by atoms with Crippen LogP contribution in [0, 0.1) is 10.1 Å². The summed E-state index contributed by atoms with van der Waals surface area (Å²) in [5.74, 6) is 0.763. The zero-order chi connectivity index (χ0) is 33.1. The fraction of sp³-hybridized carbons (Fsp3) is 0.242. The Hall–Kier alpha value is -4.39. The molecule has 0 spiro atoms. The van der Waals surface area contributed by atoms with Crippen molar-refractivity contribution in [2.24, 2.45) is 4.99 Å². The topological polar surface area (TPSA) is 116 Å². The molecule has 1 aromatic heterocycles. The van der Waals surface area contributed by atoms with Gasteiger partial charge in [-0.2, -0.15) is 0 Å². The first-order valence-corrected chi connectivity index (χ1v) is 16.4. The Balaban J connectivity index is 1.76. The van der Waals surface area contributed by atoms with E-state index in [1.165, 1.54) is 35.6 Å². The molecule has 3 aromatic carbocycles. The second-order valence-corrected chi connectivity index (χ2v) is 12.8. The van der Waals surface area contributed by atoms with Crippen LogP contribution >= 0.6 is 34.7 Å². The molecule has 0 N–H and O–H groups in total. The second-order valence-electron chi connectivity index (χ2n) is 10.2. The van der Waals surface area contributed by atoms with Gasteiger partial charge < -0.3 is 14.4 Å². The van der Waals surface area contributed by atoms with E-state index in [1.807, 2.05) is 26.0 Å². The zero-order valence-electron chi connectivity index (χ0n) is 25.8. The summed E-state index contributed by atoms with van der Waals surface area (Å²) in [6, 6.07) is 16.1. The summed E-state index contributed by atoms with van der Waals surface area (Å²) in [6.45, 7) is 6.49. The number of ether oxygens (including phenoxy) is 2. The van der Waals surface area contributed by atoms with E-state index < -0.39 is 16.5 Å². The van der Waals surface area contributed by atoms with Crippen molar-refractivity contribution < 1.29 is 19.2 Å². The van der Waals surface area contributed by atoms with Crippen molar-refractivity contribution in [2.45, 2.75) is 36.6 Å². The van der Waals surface area contributed by atoms with Crippen molar-refractivity contribution in [3.8, 4) is 11.5 Å². The Morgan fingerprint density at radius 3 is 2.46 bits per heavy atom. The number of rotatable bonds is 10. The van der Waals surface area contributed by atoms with Crippen LogP contribution in [0.3, 0.4) is 0 Å². The molecule has 0 unspecified atom stereocenters. The number of fused-ring (bicyclic) bond motifs is 1. The standard InChI is InChI=1S/C33H31ClN4O6S2/c1-6-36(7-2)32(40)29-19(3)35-33-37(30(29)25-18-23(43-4)11-14-26(25)44-5)31(39)28(46-33)17-20-16-22(38(41)42)10-15-27(20)45-24-12-8-21(34)9-13-24/h8-18,30H,6-7H2,1-5H3/b28-17-/t30-/m0/s1. The molecule has 238 valence electrons. The molecule has 0 saturated carbocycles. The van der Waals surface area contributed by atoms with Crippen LogP contribution in [-0.2, 0) is 4.79 Å². The molecule has 5 rings (SSSR count). The Morgan fingerprint density at radius 1 is 1.11 bits per heavy atom. The number of non-ortho nitro benzene ring substituents is 1. The van der Waals surface area contributed by atoms with E-state index in [4.69, 9.17) is 26.1 Å². The summed E-state index contributed by atoms with van der Waals surface area (Å²) >= 11 is 8.61. The van der Waals surface area contributed by atoms with Gasteiger partial charge in [0.1, 0.15) is 17.5 Å². The number of benzene rings is 3. The number of likely N-dealkylation sites (N-methyl/N-ethyl adjacent to an activating group) is 1. The molecule has 1 amide bonds. The predicted molar refractivity (Wildman–Crippen MR) is 180 cm³/mol. The van der Waals surface area contributed by atoms with Crippen molar-refractivity contribution in [1.29, 1.82) is 0 Å². The summed E-state index contributed by atoms with van der Waals surface area (Å²) in [6.07, 6.45) is 1.64. The number of allylic oxidation sites excluding steroid dienone is 1. The number of nitrogens with zero attached hydrogens (tertiary/aromatic N) is 4. The third-order valence-corrected chi connectivity index (χ3v) is 9.90. The Kier molecular flexibility index (Phi) is 10.00. The van der Waals surface area contributed by atoms with Gasteiger partial charge in [0, 0.05) is 45.6 Å². The van der Waals surface area contributed by atoms with Gasteiger partial charge in [-0.3, -0.25) is 24.3 Å². The molecule has 4 aromatic rings. The minimum Gasteiger partial charge on any atom is -0.497 e. The van der Waals surface area contributed by atoms with Gasteiger partial charge in [0.25, 0.3) is 17.2 Å². The molecule has 2 heterocycles. The van der Waals surface area contributed by atoms with E-state index in [1.54, 1.807) is 61.4 Å². The van der Waals surface area contributed by atoms with Crippen LogP contribution in [0.5, 0.6) is 11.5 Å². The number of carbonyl (C=O) groups excluding carboxylic acids is 1. The number of amides is 1. The van der Waals surface area contributed by atoms with Gasteiger partial charge in [-0.1, -0.05) is 34.7 Å². The Labute approximate surface area is 278 Å². The fourth-order valence-electron chi connectivity index (χ4n) is 5.25. The lowest BCUT2D eigenvalue weighted by Crippen LogP contribution is -2.43. The summed E-state index contributed by atoms with van der Waals surface area (Å²) in [7, 11) is 3.07. The Bertz CT molecular complexity index is 2030. The number of carbonyl (C=O) groups is 1. The average molecular weight is 679 g/mol. The first-order chi connectivity index (χ1) is 22.1. The zero-order valence-corrected chi connectivity index (χ0v) is 28.2. The van der Waals surface area contributed by atoms with E-state index in [9.17, 15) is 19.7 Å². The van der Waals surface area contributed by atoms with Gasteiger partial charge in [-0.25, -0.2) is 4.99 Å². The van der Waals surface area contributed by atoms with Crippen LogP contribution in [0.2, 0.25) is 5.02 Å². The maximum absolute atomic E-state index is 14.4. The molecule has 46 heavy (non-hydrogen) atoms. The first-order valence-electron chi connectivity index (χ1n) is 14.4. The van der Waals surface area contributed by atoms with Crippen molar-refractivity contribution in [1.82, 2.24) is 9.47 Å². The highest BCUT2D eigenvalue weighted by atomic mass is 35.5. The number of thiazole rings is 1. The van der Waals surface area contributed by atoms with E-state index >= 15 is 0 Å². The SMILES string of the molecule is CCN(CC)C(=O)C1=C(C)N=c2s/c(=C\c3cc([N+](=O)[O-])ccc3Sc3ccc(Cl)cc3)c(=O)n2[C@H]1c1cc(OC)ccc1OC. The van der Waals surface area contributed by atoms with Crippen molar-refractivity contribution in [3.05, 3.63) is 118 Å². The molecule has 10 nitrogen and oxygen atoms in total. The van der Waals surface area contributed by atoms with Crippen LogP contribution in [0.4, 0.5) is 5.69 Å². The van der Waals surface area contributed by atoms with Gasteiger partial charge in [-0.15, -0.1) is 0 Å². The van der Waals surface area contributed by atoms with E-state index in [0.29, 0.717) is 66.2 Å². The van der Waals surface area contributed by atoms with Crippen LogP contribution in [0.1, 0.15) is 37.9 Å². The third-order valence-electron chi connectivity index (χ3n) is 7.57. The van der Waals surface area contributed by atoms with E-state index in [-0.39, 0.29) is 11.6 Å². The highest BCUT2D eigenvalue weighted by Gasteiger charge is 2.36. The monoisotopic (exact) mass is 678 g/mol. The lowest BCUT2D eigenvalue weighted by atomic mass is 9.93. The molecular weight excluding hydrogens is 648 g/mol. The predicted octanol–water partition coefficient (Wildman–Crippen LogP) is 5.83. The molecule has 0 bridgehead atoms. The summed E-state index contributed by atoms with van der Waals surface area (Å²) in [5, 5.41) is 12.3. The number of nitro groups is 1. The quantitative estimate of drug-likeness (QED) is 0.153. The van der Waals surface area contributed by atoms with E-state index in [0.717, 1.165) is 16.2 Å².